The second kappa shape index (κ2) is 5.98. The van der Waals surface area contributed by atoms with Gasteiger partial charge in [-0.3, -0.25) is 10.3 Å². The van der Waals surface area contributed by atoms with E-state index in [-0.39, 0.29) is 12.2 Å². The van der Waals surface area contributed by atoms with Crippen molar-refractivity contribution >= 4 is 22.9 Å². The molecular weight excluding hydrogens is 308 g/mol. The minimum atomic E-state index is -0.179. The minimum Gasteiger partial charge on any atom is -0.467 e. The lowest BCUT2D eigenvalue weighted by molar-refractivity contribution is 0.415. The number of likely N-dealkylation sites (N-methyl/N-ethyl adjacent to an activating group) is 1. The molecule has 5 nitrogen and oxygen atoms in total. The van der Waals surface area contributed by atoms with E-state index < -0.39 is 0 Å². The third kappa shape index (κ3) is 2.56. The van der Waals surface area contributed by atoms with E-state index in [1.165, 1.54) is 0 Å². The van der Waals surface area contributed by atoms with Gasteiger partial charge in [0.05, 0.1) is 16.9 Å². The first-order chi connectivity index (χ1) is 11.4. The van der Waals surface area contributed by atoms with Crippen LogP contribution in [-0.4, -0.2) is 23.9 Å². The lowest BCUT2D eigenvalue weighted by Gasteiger charge is -2.22. The second-order valence-electron chi connectivity index (χ2n) is 5.23. The molecule has 0 bridgehead atoms. The number of hydrogen-bond acceptors (Lipinski definition) is 6. The summed E-state index contributed by atoms with van der Waals surface area (Å²) in [4.78, 5) is 10.6. The molecule has 2 atom stereocenters. The molecule has 0 fully saturated rings. The average molecular weight is 324 g/mol. The maximum absolute atomic E-state index is 5.62. The molecule has 2 unspecified atom stereocenters. The van der Waals surface area contributed by atoms with Crippen LogP contribution in [0.2, 0.25) is 0 Å². The molecule has 3 aromatic rings. The van der Waals surface area contributed by atoms with Crippen molar-refractivity contribution in [3.05, 3.63) is 70.4 Å². The predicted octanol–water partition coefficient (Wildman–Crippen LogP) is 3.29. The summed E-state index contributed by atoms with van der Waals surface area (Å²) in [5, 5.41) is 8.78. The van der Waals surface area contributed by atoms with E-state index in [9.17, 15) is 0 Å². The summed E-state index contributed by atoms with van der Waals surface area (Å²) >= 11 is 1.67. The van der Waals surface area contributed by atoms with Crippen molar-refractivity contribution in [3.8, 4) is 0 Å². The first-order valence-electron chi connectivity index (χ1n) is 7.41. The molecule has 116 valence electrons. The lowest BCUT2D eigenvalue weighted by atomic mass is 10.1. The maximum Gasteiger partial charge on any atom is 0.142 e. The molecule has 1 aliphatic rings. The van der Waals surface area contributed by atoms with Gasteiger partial charge in [0.25, 0.3) is 0 Å². The van der Waals surface area contributed by atoms with Gasteiger partial charge >= 0.3 is 0 Å². The summed E-state index contributed by atoms with van der Waals surface area (Å²) in [6.45, 7) is 0. The van der Waals surface area contributed by atoms with Gasteiger partial charge in [0.2, 0.25) is 0 Å². The van der Waals surface area contributed by atoms with Crippen LogP contribution in [0.15, 0.2) is 63.6 Å². The number of furan rings is 1. The van der Waals surface area contributed by atoms with Gasteiger partial charge < -0.3 is 9.73 Å². The SMILES string of the molecule is CNC1Nc2ncccc2C(c2cccs2)=NC1c1ccco1. The van der Waals surface area contributed by atoms with Gasteiger partial charge in [-0.15, -0.1) is 11.3 Å². The van der Waals surface area contributed by atoms with Gasteiger partial charge in [-0.25, -0.2) is 4.98 Å². The van der Waals surface area contributed by atoms with Crippen LogP contribution in [0.1, 0.15) is 22.2 Å². The molecule has 6 heteroatoms. The van der Waals surface area contributed by atoms with Gasteiger partial charge in [0, 0.05) is 11.8 Å². The van der Waals surface area contributed by atoms with Crippen LogP contribution in [-0.2, 0) is 0 Å². The van der Waals surface area contributed by atoms with Crippen molar-refractivity contribution in [2.75, 3.05) is 12.4 Å². The highest BCUT2D eigenvalue weighted by Gasteiger charge is 2.30. The highest BCUT2D eigenvalue weighted by molar-refractivity contribution is 7.12. The Hall–Kier alpha value is -2.44. The van der Waals surface area contributed by atoms with Gasteiger partial charge in [-0.2, -0.15) is 0 Å². The van der Waals surface area contributed by atoms with Crippen LogP contribution >= 0.6 is 11.3 Å². The van der Waals surface area contributed by atoms with E-state index in [1.807, 2.05) is 37.4 Å². The zero-order chi connectivity index (χ0) is 15.6. The van der Waals surface area contributed by atoms with E-state index in [1.54, 1.807) is 23.8 Å². The lowest BCUT2D eigenvalue weighted by Crippen LogP contribution is -2.38. The number of aliphatic imine (C=N–C) groups is 1. The second-order valence-corrected chi connectivity index (χ2v) is 6.17. The smallest absolute Gasteiger partial charge is 0.142 e. The Kier molecular flexibility index (Phi) is 3.69. The van der Waals surface area contributed by atoms with Gasteiger partial charge in [0.15, 0.2) is 0 Å². The molecular formula is C17H16N4OS. The van der Waals surface area contributed by atoms with E-state index >= 15 is 0 Å². The number of rotatable bonds is 3. The number of nitrogens with one attached hydrogen (secondary N) is 2. The van der Waals surface area contributed by atoms with Gasteiger partial charge in [-0.05, 0) is 42.8 Å². The van der Waals surface area contributed by atoms with Crippen LogP contribution in [0, 0.1) is 0 Å². The maximum atomic E-state index is 5.62. The third-order valence-electron chi connectivity index (χ3n) is 3.84. The Labute approximate surface area is 138 Å². The molecule has 0 aliphatic carbocycles. The molecule has 4 rings (SSSR count). The molecule has 3 aromatic heterocycles. The average Bonchev–Trinajstić information content (AvgIpc) is 3.26. The molecule has 23 heavy (non-hydrogen) atoms. The fourth-order valence-electron chi connectivity index (χ4n) is 2.75. The van der Waals surface area contributed by atoms with Crippen molar-refractivity contribution in [3.63, 3.8) is 0 Å². The van der Waals surface area contributed by atoms with Crippen LogP contribution in [0.3, 0.4) is 0 Å². The molecule has 1 aliphatic heterocycles. The van der Waals surface area contributed by atoms with Crippen LogP contribution in [0.4, 0.5) is 5.82 Å². The first-order valence-corrected chi connectivity index (χ1v) is 8.29. The molecule has 0 saturated carbocycles. The fourth-order valence-corrected chi connectivity index (χ4v) is 3.48. The number of hydrogen-bond donors (Lipinski definition) is 2. The summed E-state index contributed by atoms with van der Waals surface area (Å²) in [7, 11) is 1.90. The monoisotopic (exact) mass is 324 g/mol. The first kappa shape index (κ1) is 14.2. The molecule has 0 radical (unpaired) electrons. The standard InChI is InChI=1S/C17H16N4OS/c1-18-17-15(12-6-3-9-22-12)20-14(13-7-4-10-23-13)11-5-2-8-19-16(11)21-17/h2-10,15,17-18H,1H3,(H,19,21). The number of thiophene rings is 1. The Morgan fingerprint density at radius 2 is 2.17 bits per heavy atom. The van der Waals surface area contributed by atoms with Crippen LogP contribution < -0.4 is 10.6 Å². The summed E-state index contributed by atoms with van der Waals surface area (Å²) in [6, 6.07) is 11.8. The molecule has 0 spiro atoms. The highest BCUT2D eigenvalue weighted by Crippen LogP contribution is 2.31. The van der Waals surface area contributed by atoms with E-state index in [0.29, 0.717) is 0 Å². The number of pyridine rings is 1. The summed E-state index contributed by atoms with van der Waals surface area (Å²) in [5.74, 6) is 1.65. The largest absolute Gasteiger partial charge is 0.467 e. The topological polar surface area (TPSA) is 62.5 Å². The minimum absolute atomic E-state index is 0.104. The normalized spacial score (nSPS) is 20.3. The van der Waals surface area contributed by atoms with Gasteiger partial charge in [-0.1, -0.05) is 6.07 Å². The zero-order valence-corrected chi connectivity index (χ0v) is 13.4. The summed E-state index contributed by atoms with van der Waals surface area (Å²) < 4.78 is 5.62. The number of aromatic nitrogens is 1. The Balaban J connectivity index is 1.91. The molecule has 0 aromatic carbocycles. The highest BCUT2D eigenvalue weighted by atomic mass is 32.1. The van der Waals surface area contributed by atoms with E-state index in [0.717, 1.165) is 27.7 Å². The summed E-state index contributed by atoms with van der Waals surface area (Å²) in [6.07, 6.45) is 3.36. The molecule has 0 amide bonds. The van der Waals surface area contributed by atoms with Gasteiger partial charge in [0.1, 0.15) is 23.8 Å². The number of nitrogens with zero attached hydrogens (tertiary/aromatic N) is 2. The third-order valence-corrected chi connectivity index (χ3v) is 4.72. The van der Waals surface area contributed by atoms with Crippen molar-refractivity contribution < 1.29 is 4.42 Å². The Morgan fingerprint density at radius 1 is 1.22 bits per heavy atom. The van der Waals surface area contributed by atoms with Crippen molar-refractivity contribution in [2.45, 2.75) is 12.2 Å². The quantitative estimate of drug-likeness (QED) is 0.776. The van der Waals surface area contributed by atoms with Crippen molar-refractivity contribution in [1.82, 2.24) is 10.3 Å². The molecule has 2 N–H and O–H groups in total. The fraction of sp³-hybridized carbons (Fsp3) is 0.176. The Morgan fingerprint density at radius 3 is 2.91 bits per heavy atom. The summed E-state index contributed by atoms with van der Waals surface area (Å²) in [5.41, 5.74) is 1.94. The van der Waals surface area contributed by atoms with E-state index in [4.69, 9.17) is 9.41 Å². The molecule has 4 heterocycles. The van der Waals surface area contributed by atoms with Crippen LogP contribution in [0.25, 0.3) is 0 Å². The molecule has 0 saturated heterocycles. The van der Waals surface area contributed by atoms with Crippen molar-refractivity contribution in [1.29, 1.82) is 0 Å². The van der Waals surface area contributed by atoms with E-state index in [2.05, 4.69) is 27.1 Å². The van der Waals surface area contributed by atoms with Crippen molar-refractivity contribution in [2.24, 2.45) is 4.99 Å². The number of anilines is 1. The van der Waals surface area contributed by atoms with Crippen LogP contribution in [0.5, 0.6) is 0 Å². The predicted molar refractivity (Wildman–Crippen MR) is 92.1 cm³/mol. The Bertz CT molecular complexity index is 811. The number of fused-ring (bicyclic) bond motifs is 1. The zero-order valence-electron chi connectivity index (χ0n) is 12.6.